The van der Waals surface area contributed by atoms with Crippen molar-refractivity contribution in [2.75, 3.05) is 26.1 Å². The summed E-state index contributed by atoms with van der Waals surface area (Å²) in [6.45, 7) is -0.560. The molecule has 9 heteroatoms. The summed E-state index contributed by atoms with van der Waals surface area (Å²) >= 11 is 0. The maximum Gasteiger partial charge on any atom is 0.165 e. The molecule has 0 amide bonds. The number of halogens is 1. The van der Waals surface area contributed by atoms with Gasteiger partial charge in [0.15, 0.2) is 21.4 Å². The van der Waals surface area contributed by atoms with Crippen LogP contribution in [0.15, 0.2) is 53.7 Å². The average molecular weight is 464 g/mol. The van der Waals surface area contributed by atoms with Crippen LogP contribution in [0.25, 0.3) is 11.6 Å². The first-order chi connectivity index (χ1) is 15.3. The van der Waals surface area contributed by atoms with Gasteiger partial charge >= 0.3 is 0 Å². The SMILES string of the molecule is COCC1=C([C@H](O)CC/C(=C/c2ccc(O)c(F)c2)c2ccccn2)[C@H](CO)S(=O)(=O)C1. The van der Waals surface area contributed by atoms with Crippen molar-refractivity contribution < 1.29 is 32.9 Å². The number of hydrogen-bond acceptors (Lipinski definition) is 7. The number of pyridine rings is 1. The van der Waals surface area contributed by atoms with Crippen molar-refractivity contribution in [1.29, 1.82) is 0 Å². The predicted molar refractivity (Wildman–Crippen MR) is 119 cm³/mol. The van der Waals surface area contributed by atoms with E-state index in [9.17, 15) is 28.1 Å². The molecule has 0 saturated carbocycles. The average Bonchev–Trinajstić information content (AvgIpc) is 3.03. The quantitative estimate of drug-likeness (QED) is 0.489. The number of phenols is 1. The van der Waals surface area contributed by atoms with E-state index in [1.165, 1.54) is 19.2 Å². The first kappa shape index (κ1) is 24.1. The molecule has 1 aromatic heterocycles. The maximum absolute atomic E-state index is 13.8. The van der Waals surface area contributed by atoms with E-state index in [4.69, 9.17) is 4.74 Å². The lowest BCUT2D eigenvalue weighted by Crippen LogP contribution is -2.29. The molecule has 0 unspecified atom stereocenters. The summed E-state index contributed by atoms with van der Waals surface area (Å²) in [5.74, 6) is -1.46. The van der Waals surface area contributed by atoms with E-state index in [2.05, 4.69) is 4.98 Å². The molecule has 172 valence electrons. The standard InChI is InChI=1S/C23H26FNO6S/c1-31-13-17-14-32(29,30)22(12-26)23(17)21(28)8-6-16(19-4-2-3-9-25-19)10-15-5-7-20(27)18(24)11-15/h2-5,7,9-11,21-22,26-28H,6,8,12-14H2,1H3/b16-10-/t21-,22+/m1/s1. The fourth-order valence-corrected chi connectivity index (χ4v) is 5.77. The minimum absolute atomic E-state index is 0.0534. The summed E-state index contributed by atoms with van der Waals surface area (Å²) in [7, 11) is -2.17. The second-order valence-corrected chi connectivity index (χ2v) is 9.80. The summed E-state index contributed by atoms with van der Waals surface area (Å²) in [5.41, 5.74) is 2.57. The number of phenolic OH excluding ortho intramolecular Hbond substituents is 1. The van der Waals surface area contributed by atoms with Crippen LogP contribution in [0.2, 0.25) is 0 Å². The fraction of sp³-hybridized carbons (Fsp3) is 0.348. The van der Waals surface area contributed by atoms with Gasteiger partial charge < -0.3 is 20.1 Å². The second kappa shape index (κ2) is 10.4. The van der Waals surface area contributed by atoms with Crippen molar-refractivity contribution in [3.63, 3.8) is 0 Å². The van der Waals surface area contributed by atoms with Crippen molar-refractivity contribution in [2.45, 2.75) is 24.2 Å². The van der Waals surface area contributed by atoms with E-state index >= 15 is 0 Å². The van der Waals surface area contributed by atoms with E-state index in [0.717, 1.165) is 0 Å². The number of nitrogens with zero attached hydrogens (tertiary/aromatic N) is 1. The number of aromatic nitrogens is 1. The molecule has 0 spiro atoms. The Morgan fingerprint density at radius 2 is 2.12 bits per heavy atom. The summed E-state index contributed by atoms with van der Waals surface area (Å²) < 4.78 is 43.7. The van der Waals surface area contributed by atoms with Gasteiger partial charge in [0.25, 0.3) is 0 Å². The number of aliphatic hydroxyl groups is 2. The number of benzene rings is 1. The molecule has 0 bridgehead atoms. The molecule has 0 saturated heterocycles. The van der Waals surface area contributed by atoms with E-state index in [0.29, 0.717) is 28.8 Å². The number of aromatic hydroxyl groups is 1. The third kappa shape index (κ3) is 5.42. The Morgan fingerprint density at radius 1 is 1.34 bits per heavy atom. The van der Waals surface area contributed by atoms with Crippen LogP contribution in [0.1, 0.15) is 24.1 Å². The molecule has 2 atom stereocenters. The minimum atomic E-state index is -3.61. The van der Waals surface area contributed by atoms with E-state index in [-0.39, 0.29) is 24.4 Å². The van der Waals surface area contributed by atoms with Gasteiger partial charge in [-0.25, -0.2) is 12.8 Å². The zero-order valence-electron chi connectivity index (χ0n) is 17.6. The first-order valence-corrected chi connectivity index (χ1v) is 11.8. The van der Waals surface area contributed by atoms with Crippen LogP contribution in [-0.2, 0) is 14.6 Å². The van der Waals surface area contributed by atoms with Gasteiger partial charge in [-0.15, -0.1) is 0 Å². The molecule has 2 aromatic rings. The third-order valence-electron chi connectivity index (χ3n) is 5.40. The third-order valence-corrected chi connectivity index (χ3v) is 7.42. The summed E-state index contributed by atoms with van der Waals surface area (Å²) in [6, 6.07) is 9.34. The molecule has 2 heterocycles. The number of hydrogen-bond donors (Lipinski definition) is 3. The van der Waals surface area contributed by atoms with Gasteiger partial charge in [0, 0.05) is 13.3 Å². The van der Waals surface area contributed by atoms with Crippen LogP contribution in [0, 0.1) is 5.82 Å². The van der Waals surface area contributed by atoms with Crippen LogP contribution in [0.4, 0.5) is 4.39 Å². The smallest absolute Gasteiger partial charge is 0.165 e. The lowest BCUT2D eigenvalue weighted by atomic mass is 9.94. The predicted octanol–water partition coefficient (Wildman–Crippen LogP) is 2.34. The topological polar surface area (TPSA) is 117 Å². The van der Waals surface area contributed by atoms with Crippen molar-refractivity contribution in [3.8, 4) is 5.75 Å². The van der Waals surface area contributed by atoms with Crippen LogP contribution < -0.4 is 0 Å². The van der Waals surface area contributed by atoms with Crippen LogP contribution in [0.3, 0.4) is 0 Å². The normalized spacial score (nSPS) is 19.4. The molecule has 0 aliphatic carbocycles. The Bertz CT molecular complexity index is 1110. The molecule has 7 nitrogen and oxygen atoms in total. The van der Waals surface area contributed by atoms with Crippen molar-refractivity contribution in [3.05, 3.63) is 70.8 Å². The van der Waals surface area contributed by atoms with Crippen molar-refractivity contribution in [1.82, 2.24) is 4.98 Å². The van der Waals surface area contributed by atoms with Crippen molar-refractivity contribution >= 4 is 21.5 Å². The monoisotopic (exact) mass is 463 g/mol. The molecule has 3 rings (SSSR count). The lowest BCUT2D eigenvalue weighted by Gasteiger charge is -2.19. The summed E-state index contributed by atoms with van der Waals surface area (Å²) in [6.07, 6.45) is 2.68. The summed E-state index contributed by atoms with van der Waals surface area (Å²) in [5, 5.41) is 28.8. The Balaban J connectivity index is 1.89. The number of sulfone groups is 1. The fourth-order valence-electron chi connectivity index (χ4n) is 3.90. The lowest BCUT2D eigenvalue weighted by molar-refractivity contribution is 0.184. The van der Waals surface area contributed by atoms with E-state index in [1.807, 2.05) is 0 Å². The highest BCUT2D eigenvalue weighted by atomic mass is 32.2. The summed E-state index contributed by atoms with van der Waals surface area (Å²) in [4.78, 5) is 4.33. The van der Waals surface area contributed by atoms with Gasteiger partial charge in [0.05, 0.1) is 30.8 Å². The number of aliphatic hydroxyl groups excluding tert-OH is 2. The van der Waals surface area contributed by atoms with Gasteiger partial charge in [0.1, 0.15) is 5.25 Å². The Morgan fingerprint density at radius 3 is 2.75 bits per heavy atom. The molecular formula is C23H26FNO6S. The maximum atomic E-state index is 13.8. The zero-order chi connectivity index (χ0) is 23.3. The Labute approximate surface area is 186 Å². The number of rotatable bonds is 9. The molecule has 0 radical (unpaired) electrons. The van der Waals surface area contributed by atoms with Crippen molar-refractivity contribution in [2.24, 2.45) is 0 Å². The number of allylic oxidation sites excluding steroid dienone is 1. The Hall–Kier alpha value is -2.59. The highest BCUT2D eigenvalue weighted by molar-refractivity contribution is 7.92. The largest absolute Gasteiger partial charge is 0.505 e. The Kier molecular flexibility index (Phi) is 7.78. The molecular weight excluding hydrogens is 437 g/mol. The molecule has 32 heavy (non-hydrogen) atoms. The van der Waals surface area contributed by atoms with E-state index in [1.54, 1.807) is 36.5 Å². The highest BCUT2D eigenvalue weighted by Gasteiger charge is 2.41. The molecule has 0 fully saturated rings. The highest BCUT2D eigenvalue weighted by Crippen LogP contribution is 2.33. The van der Waals surface area contributed by atoms with Crippen LogP contribution in [-0.4, -0.2) is 66.2 Å². The molecule has 3 N–H and O–H groups in total. The molecule has 1 aliphatic heterocycles. The van der Waals surface area contributed by atoms with Gasteiger partial charge in [-0.1, -0.05) is 12.1 Å². The van der Waals surface area contributed by atoms with Gasteiger partial charge in [-0.3, -0.25) is 4.98 Å². The zero-order valence-corrected chi connectivity index (χ0v) is 18.4. The number of ether oxygens (including phenoxy) is 1. The molecule has 1 aromatic carbocycles. The van der Waals surface area contributed by atoms with E-state index < -0.39 is 39.4 Å². The van der Waals surface area contributed by atoms with Gasteiger partial charge in [-0.05, 0) is 65.5 Å². The number of methoxy groups -OCH3 is 1. The van der Waals surface area contributed by atoms with Gasteiger partial charge in [-0.2, -0.15) is 0 Å². The molecule has 1 aliphatic rings. The minimum Gasteiger partial charge on any atom is -0.505 e. The first-order valence-electron chi connectivity index (χ1n) is 10.1. The van der Waals surface area contributed by atoms with Crippen LogP contribution in [0.5, 0.6) is 5.75 Å². The van der Waals surface area contributed by atoms with Gasteiger partial charge in [0.2, 0.25) is 0 Å². The van der Waals surface area contributed by atoms with Crippen LogP contribution >= 0.6 is 0 Å². The second-order valence-electron chi connectivity index (χ2n) is 7.62.